The first-order valence-electron chi connectivity index (χ1n) is 6.01. The summed E-state index contributed by atoms with van der Waals surface area (Å²) >= 11 is 6.22. The number of aromatic nitrogens is 3. The number of nitrogens with zero attached hydrogens (tertiary/aromatic N) is 3. The highest BCUT2D eigenvalue weighted by Crippen LogP contribution is 2.26. The van der Waals surface area contributed by atoms with Gasteiger partial charge >= 0.3 is 0 Å². The first-order valence-corrected chi connectivity index (χ1v) is 6.39. The molecule has 3 aromatic rings. The van der Waals surface area contributed by atoms with Gasteiger partial charge in [0.15, 0.2) is 5.15 Å². The van der Waals surface area contributed by atoms with Gasteiger partial charge in [-0.25, -0.2) is 9.97 Å². The average Bonchev–Trinajstić information content (AvgIpc) is 2.41. The van der Waals surface area contributed by atoms with Crippen LogP contribution in [0, 0.1) is 13.8 Å². The summed E-state index contributed by atoms with van der Waals surface area (Å²) in [6.07, 6.45) is 1.72. The summed E-state index contributed by atoms with van der Waals surface area (Å²) < 4.78 is 0. The van der Waals surface area contributed by atoms with Crippen molar-refractivity contribution >= 4 is 22.6 Å². The number of fused-ring (bicyclic) bond motifs is 1. The molecule has 0 atom stereocenters. The molecule has 0 radical (unpaired) electrons. The third kappa shape index (κ3) is 2.17. The highest BCUT2D eigenvalue weighted by Gasteiger charge is 2.10. The molecule has 0 amide bonds. The molecule has 4 heteroatoms. The lowest BCUT2D eigenvalue weighted by molar-refractivity contribution is 1.22. The fourth-order valence-electron chi connectivity index (χ4n) is 1.96. The quantitative estimate of drug-likeness (QED) is 0.671. The van der Waals surface area contributed by atoms with Gasteiger partial charge in [-0.2, -0.15) is 0 Å². The molecule has 0 fully saturated rings. The molecule has 0 spiro atoms. The molecule has 2 aromatic heterocycles. The third-order valence-corrected chi connectivity index (χ3v) is 3.41. The molecule has 19 heavy (non-hydrogen) atoms. The second-order valence-electron chi connectivity index (χ2n) is 4.50. The van der Waals surface area contributed by atoms with E-state index in [1.807, 2.05) is 30.3 Å². The van der Waals surface area contributed by atoms with Crippen LogP contribution < -0.4 is 0 Å². The SMILES string of the molecule is Cc1cc2nc(Cl)c(-c3ccccn3)nc2cc1C. The zero-order chi connectivity index (χ0) is 13.4. The number of hydrogen-bond donors (Lipinski definition) is 0. The molecule has 94 valence electrons. The molecule has 0 aliphatic carbocycles. The molecule has 0 aliphatic heterocycles. The minimum absolute atomic E-state index is 0.384. The maximum absolute atomic E-state index is 6.22. The highest BCUT2D eigenvalue weighted by molar-refractivity contribution is 6.32. The summed E-state index contributed by atoms with van der Waals surface area (Å²) in [5.74, 6) is 0. The average molecular weight is 270 g/mol. The van der Waals surface area contributed by atoms with E-state index in [2.05, 4.69) is 28.8 Å². The van der Waals surface area contributed by atoms with Crippen LogP contribution in [0.3, 0.4) is 0 Å². The van der Waals surface area contributed by atoms with Crippen molar-refractivity contribution in [1.82, 2.24) is 15.0 Å². The van der Waals surface area contributed by atoms with Crippen LogP contribution in [0.4, 0.5) is 0 Å². The Bertz CT molecular complexity index is 754. The lowest BCUT2D eigenvalue weighted by Gasteiger charge is -2.07. The van der Waals surface area contributed by atoms with Gasteiger partial charge in [0.2, 0.25) is 0 Å². The Balaban J connectivity index is 2.27. The van der Waals surface area contributed by atoms with E-state index in [1.165, 1.54) is 11.1 Å². The molecule has 1 aromatic carbocycles. The Kier molecular flexibility index (Phi) is 2.91. The van der Waals surface area contributed by atoms with Crippen molar-refractivity contribution in [3.63, 3.8) is 0 Å². The van der Waals surface area contributed by atoms with E-state index in [0.29, 0.717) is 10.8 Å². The molecule has 3 rings (SSSR count). The van der Waals surface area contributed by atoms with Gasteiger partial charge in [0.25, 0.3) is 0 Å². The van der Waals surface area contributed by atoms with Crippen LogP contribution in [0.25, 0.3) is 22.4 Å². The second-order valence-corrected chi connectivity index (χ2v) is 4.86. The lowest BCUT2D eigenvalue weighted by Crippen LogP contribution is -1.94. The minimum atomic E-state index is 0.384. The third-order valence-electron chi connectivity index (χ3n) is 3.14. The molecule has 0 aliphatic rings. The van der Waals surface area contributed by atoms with Gasteiger partial charge < -0.3 is 0 Å². The summed E-state index contributed by atoms with van der Waals surface area (Å²) in [6, 6.07) is 9.68. The smallest absolute Gasteiger partial charge is 0.157 e. The van der Waals surface area contributed by atoms with Crippen molar-refractivity contribution in [3.05, 3.63) is 52.8 Å². The summed E-state index contributed by atoms with van der Waals surface area (Å²) in [6.45, 7) is 4.11. The van der Waals surface area contributed by atoms with E-state index in [-0.39, 0.29) is 0 Å². The number of aryl methyl sites for hydroxylation is 2. The summed E-state index contributed by atoms with van der Waals surface area (Å²) in [7, 11) is 0. The first kappa shape index (κ1) is 12.1. The van der Waals surface area contributed by atoms with Gasteiger partial charge in [0.1, 0.15) is 5.69 Å². The lowest BCUT2D eigenvalue weighted by atomic mass is 10.1. The zero-order valence-corrected chi connectivity index (χ0v) is 11.4. The highest BCUT2D eigenvalue weighted by atomic mass is 35.5. The van der Waals surface area contributed by atoms with Crippen LogP contribution in [-0.4, -0.2) is 15.0 Å². The van der Waals surface area contributed by atoms with E-state index in [9.17, 15) is 0 Å². The molecular weight excluding hydrogens is 258 g/mol. The van der Waals surface area contributed by atoms with E-state index >= 15 is 0 Å². The van der Waals surface area contributed by atoms with Gasteiger partial charge in [0, 0.05) is 6.20 Å². The van der Waals surface area contributed by atoms with Crippen LogP contribution in [-0.2, 0) is 0 Å². The van der Waals surface area contributed by atoms with Crippen molar-refractivity contribution in [2.75, 3.05) is 0 Å². The normalized spacial score (nSPS) is 10.9. The Morgan fingerprint density at radius 3 is 2.26 bits per heavy atom. The molecule has 0 N–H and O–H groups in total. The number of rotatable bonds is 1. The fraction of sp³-hybridized carbons (Fsp3) is 0.133. The summed E-state index contributed by atoms with van der Waals surface area (Å²) in [5, 5.41) is 0.384. The Hall–Kier alpha value is -2.00. The van der Waals surface area contributed by atoms with E-state index in [4.69, 9.17) is 11.6 Å². The van der Waals surface area contributed by atoms with Crippen LogP contribution in [0.2, 0.25) is 5.15 Å². The first-order chi connectivity index (χ1) is 9.15. The van der Waals surface area contributed by atoms with Crippen molar-refractivity contribution in [2.45, 2.75) is 13.8 Å². The minimum Gasteiger partial charge on any atom is -0.255 e. The summed E-state index contributed by atoms with van der Waals surface area (Å²) in [5.41, 5.74) is 5.39. The predicted octanol–water partition coefficient (Wildman–Crippen LogP) is 3.96. The molecule has 2 heterocycles. The Morgan fingerprint density at radius 1 is 0.947 bits per heavy atom. The van der Waals surface area contributed by atoms with Crippen LogP contribution in [0.15, 0.2) is 36.5 Å². The summed E-state index contributed by atoms with van der Waals surface area (Å²) in [4.78, 5) is 13.3. The van der Waals surface area contributed by atoms with E-state index in [0.717, 1.165) is 16.7 Å². The Labute approximate surface area is 116 Å². The maximum atomic E-state index is 6.22. The predicted molar refractivity (Wildman–Crippen MR) is 77.3 cm³/mol. The number of hydrogen-bond acceptors (Lipinski definition) is 3. The topological polar surface area (TPSA) is 38.7 Å². The van der Waals surface area contributed by atoms with Gasteiger partial charge in [-0.05, 0) is 49.2 Å². The number of benzene rings is 1. The monoisotopic (exact) mass is 269 g/mol. The molecule has 0 saturated heterocycles. The number of pyridine rings is 1. The van der Waals surface area contributed by atoms with Gasteiger partial charge in [-0.15, -0.1) is 0 Å². The second kappa shape index (κ2) is 4.59. The zero-order valence-electron chi connectivity index (χ0n) is 10.7. The number of halogens is 1. The van der Waals surface area contributed by atoms with Gasteiger partial charge in [-0.1, -0.05) is 17.7 Å². The standard InChI is InChI=1S/C15H12ClN3/c1-9-7-12-13(8-10(9)2)19-15(16)14(18-12)11-5-3-4-6-17-11/h3-8H,1-2H3. The van der Waals surface area contributed by atoms with Crippen LogP contribution in [0.5, 0.6) is 0 Å². The molecule has 0 unspecified atom stereocenters. The van der Waals surface area contributed by atoms with Crippen molar-refractivity contribution in [1.29, 1.82) is 0 Å². The van der Waals surface area contributed by atoms with E-state index in [1.54, 1.807) is 6.20 Å². The van der Waals surface area contributed by atoms with Gasteiger partial charge in [0.05, 0.1) is 16.7 Å². The van der Waals surface area contributed by atoms with Crippen molar-refractivity contribution in [3.8, 4) is 11.4 Å². The van der Waals surface area contributed by atoms with Gasteiger partial charge in [-0.3, -0.25) is 4.98 Å². The fourth-order valence-corrected chi connectivity index (χ4v) is 2.19. The molecule has 0 saturated carbocycles. The Morgan fingerprint density at radius 2 is 1.63 bits per heavy atom. The largest absolute Gasteiger partial charge is 0.255 e. The van der Waals surface area contributed by atoms with Crippen molar-refractivity contribution < 1.29 is 0 Å². The maximum Gasteiger partial charge on any atom is 0.157 e. The molecule has 0 bridgehead atoms. The van der Waals surface area contributed by atoms with Crippen LogP contribution in [0.1, 0.15) is 11.1 Å². The molecular formula is C15H12ClN3. The van der Waals surface area contributed by atoms with Crippen molar-refractivity contribution in [2.24, 2.45) is 0 Å². The van der Waals surface area contributed by atoms with E-state index < -0.39 is 0 Å². The molecule has 3 nitrogen and oxygen atoms in total. The van der Waals surface area contributed by atoms with Crippen LogP contribution >= 0.6 is 11.6 Å².